The maximum atomic E-state index is 13.2. The first-order chi connectivity index (χ1) is 13.0. The molecular weight excluding hydrogens is 351 g/mol. The minimum Gasteiger partial charge on any atom is -0.497 e. The van der Waals surface area contributed by atoms with E-state index in [1.807, 2.05) is 0 Å². The molecule has 0 saturated heterocycles. The van der Waals surface area contributed by atoms with Crippen molar-refractivity contribution in [3.8, 4) is 11.5 Å². The van der Waals surface area contributed by atoms with Crippen LogP contribution in [0.4, 0.5) is 10.1 Å². The van der Waals surface area contributed by atoms with Crippen molar-refractivity contribution in [3.05, 3.63) is 64.2 Å². The first-order valence-electron chi connectivity index (χ1n) is 8.33. The van der Waals surface area contributed by atoms with Crippen LogP contribution >= 0.6 is 0 Å². The molecule has 0 atom stereocenters. The predicted octanol–water partition coefficient (Wildman–Crippen LogP) is 3.26. The van der Waals surface area contributed by atoms with E-state index in [1.54, 1.807) is 37.4 Å². The van der Waals surface area contributed by atoms with Gasteiger partial charge in [0.15, 0.2) is 0 Å². The molecule has 3 rings (SSSR count). The highest BCUT2D eigenvalue weighted by atomic mass is 19.1. The molecule has 0 bridgehead atoms. The number of ether oxygens (including phenoxy) is 2. The SMILES string of the molecule is COc1ccc(NC(=O)CCc2cc3ccc(F)cc3[nH]c2=O)c(OC)c1. The number of rotatable bonds is 6. The first kappa shape index (κ1) is 18.4. The summed E-state index contributed by atoms with van der Waals surface area (Å²) in [5.74, 6) is 0.424. The Morgan fingerprint density at radius 2 is 1.93 bits per heavy atom. The van der Waals surface area contributed by atoms with Gasteiger partial charge in [0, 0.05) is 18.1 Å². The highest BCUT2D eigenvalue weighted by Gasteiger charge is 2.11. The van der Waals surface area contributed by atoms with Gasteiger partial charge in [-0.15, -0.1) is 0 Å². The summed E-state index contributed by atoms with van der Waals surface area (Å²) in [4.78, 5) is 27.1. The van der Waals surface area contributed by atoms with Crippen LogP contribution in [0.25, 0.3) is 10.9 Å². The summed E-state index contributed by atoms with van der Waals surface area (Å²) < 4.78 is 23.6. The Bertz CT molecular complexity index is 1050. The lowest BCUT2D eigenvalue weighted by molar-refractivity contribution is -0.116. The van der Waals surface area contributed by atoms with Gasteiger partial charge in [0.2, 0.25) is 5.91 Å². The smallest absolute Gasteiger partial charge is 0.251 e. The molecule has 2 aromatic carbocycles. The third kappa shape index (κ3) is 4.25. The lowest BCUT2D eigenvalue weighted by Gasteiger charge is -2.11. The van der Waals surface area contributed by atoms with E-state index >= 15 is 0 Å². The predicted molar refractivity (Wildman–Crippen MR) is 101 cm³/mol. The van der Waals surface area contributed by atoms with E-state index in [2.05, 4.69) is 10.3 Å². The number of H-pyrrole nitrogens is 1. The zero-order valence-corrected chi connectivity index (χ0v) is 15.0. The average molecular weight is 370 g/mol. The molecule has 0 unspecified atom stereocenters. The number of hydrogen-bond acceptors (Lipinski definition) is 4. The van der Waals surface area contributed by atoms with Crippen molar-refractivity contribution in [2.75, 3.05) is 19.5 Å². The molecule has 27 heavy (non-hydrogen) atoms. The number of aromatic nitrogens is 1. The molecule has 0 aliphatic rings. The van der Waals surface area contributed by atoms with Gasteiger partial charge in [-0.05, 0) is 48.2 Å². The second kappa shape index (κ2) is 7.90. The summed E-state index contributed by atoms with van der Waals surface area (Å²) in [5, 5.41) is 3.48. The third-order valence-electron chi connectivity index (χ3n) is 4.19. The molecule has 6 nitrogen and oxygen atoms in total. The molecule has 1 amide bonds. The van der Waals surface area contributed by atoms with Gasteiger partial charge in [-0.1, -0.05) is 0 Å². The van der Waals surface area contributed by atoms with Crippen LogP contribution in [0.2, 0.25) is 0 Å². The fourth-order valence-electron chi connectivity index (χ4n) is 2.77. The number of fused-ring (bicyclic) bond motifs is 1. The molecule has 3 aromatic rings. The molecule has 0 aliphatic heterocycles. The highest BCUT2D eigenvalue weighted by molar-refractivity contribution is 5.92. The van der Waals surface area contributed by atoms with Crippen molar-refractivity contribution in [2.45, 2.75) is 12.8 Å². The number of carbonyl (C=O) groups excluding carboxylic acids is 1. The topological polar surface area (TPSA) is 80.4 Å². The summed E-state index contributed by atoms with van der Waals surface area (Å²) in [5.41, 5.74) is 1.08. The lowest BCUT2D eigenvalue weighted by atomic mass is 10.1. The van der Waals surface area contributed by atoms with Crippen molar-refractivity contribution in [1.82, 2.24) is 4.98 Å². The number of benzene rings is 2. The van der Waals surface area contributed by atoms with E-state index in [0.717, 1.165) is 0 Å². The minimum absolute atomic E-state index is 0.116. The normalized spacial score (nSPS) is 10.6. The number of anilines is 1. The van der Waals surface area contributed by atoms with Crippen molar-refractivity contribution < 1.29 is 18.7 Å². The van der Waals surface area contributed by atoms with E-state index < -0.39 is 5.82 Å². The fourth-order valence-corrected chi connectivity index (χ4v) is 2.77. The number of hydrogen-bond donors (Lipinski definition) is 2. The maximum Gasteiger partial charge on any atom is 0.251 e. The standard InChI is InChI=1S/C20H19FN2O4/c1-26-15-6-7-16(18(11-15)27-2)22-19(24)8-4-13-9-12-3-5-14(21)10-17(12)23-20(13)25/h3,5-7,9-11H,4,8H2,1-2H3,(H,22,24)(H,23,25). The first-order valence-corrected chi connectivity index (χ1v) is 8.33. The molecule has 0 aliphatic carbocycles. The van der Waals surface area contributed by atoms with Gasteiger partial charge < -0.3 is 19.8 Å². The summed E-state index contributed by atoms with van der Waals surface area (Å²) >= 11 is 0. The molecule has 0 spiro atoms. The van der Waals surface area contributed by atoms with Crippen LogP contribution in [-0.4, -0.2) is 25.1 Å². The van der Waals surface area contributed by atoms with Crippen LogP contribution in [0.15, 0.2) is 47.3 Å². The molecule has 140 valence electrons. The Morgan fingerprint density at radius 1 is 1.11 bits per heavy atom. The monoisotopic (exact) mass is 370 g/mol. The van der Waals surface area contributed by atoms with Crippen molar-refractivity contribution in [2.24, 2.45) is 0 Å². The van der Waals surface area contributed by atoms with Gasteiger partial charge in [-0.2, -0.15) is 0 Å². The van der Waals surface area contributed by atoms with Gasteiger partial charge in [-0.25, -0.2) is 4.39 Å². The molecule has 7 heteroatoms. The molecule has 1 aromatic heterocycles. The summed E-state index contributed by atoms with van der Waals surface area (Å²) in [6.45, 7) is 0. The molecule has 0 saturated carbocycles. The molecule has 1 heterocycles. The van der Waals surface area contributed by atoms with E-state index in [9.17, 15) is 14.0 Å². The Balaban J connectivity index is 1.71. The fraction of sp³-hybridized carbons (Fsp3) is 0.200. The molecule has 0 fully saturated rings. The highest BCUT2D eigenvalue weighted by Crippen LogP contribution is 2.29. The largest absolute Gasteiger partial charge is 0.497 e. The number of pyridine rings is 1. The van der Waals surface area contributed by atoms with Crippen molar-refractivity contribution in [1.29, 1.82) is 0 Å². The average Bonchev–Trinajstić information content (AvgIpc) is 2.66. The number of nitrogens with one attached hydrogen (secondary N) is 2. The van der Waals surface area contributed by atoms with E-state index in [1.165, 1.54) is 19.2 Å². The number of methoxy groups -OCH3 is 2. The third-order valence-corrected chi connectivity index (χ3v) is 4.19. The Kier molecular flexibility index (Phi) is 5.40. The van der Waals surface area contributed by atoms with Crippen molar-refractivity contribution in [3.63, 3.8) is 0 Å². The summed E-state index contributed by atoms with van der Waals surface area (Å²) in [6.07, 6.45) is 0.373. The van der Waals surface area contributed by atoms with Crippen LogP contribution < -0.4 is 20.3 Å². The van der Waals surface area contributed by atoms with Crippen LogP contribution in [0.1, 0.15) is 12.0 Å². The Labute approximate surface area is 154 Å². The second-order valence-electron chi connectivity index (χ2n) is 5.97. The number of amides is 1. The Morgan fingerprint density at radius 3 is 2.67 bits per heavy atom. The van der Waals surface area contributed by atoms with Gasteiger partial charge in [0.25, 0.3) is 5.56 Å². The van der Waals surface area contributed by atoms with Crippen LogP contribution in [-0.2, 0) is 11.2 Å². The van der Waals surface area contributed by atoms with Gasteiger partial charge >= 0.3 is 0 Å². The van der Waals surface area contributed by atoms with Gasteiger partial charge in [-0.3, -0.25) is 9.59 Å². The zero-order chi connectivity index (χ0) is 19.4. The lowest BCUT2D eigenvalue weighted by Crippen LogP contribution is -2.17. The number of carbonyl (C=O) groups is 1. The molecule has 0 radical (unpaired) electrons. The van der Waals surface area contributed by atoms with Gasteiger partial charge in [0.05, 0.1) is 25.4 Å². The van der Waals surface area contributed by atoms with E-state index in [-0.39, 0.29) is 24.3 Å². The number of aromatic amines is 1. The van der Waals surface area contributed by atoms with Crippen LogP contribution in [0.3, 0.4) is 0 Å². The summed E-state index contributed by atoms with van der Waals surface area (Å²) in [7, 11) is 3.05. The molecular formula is C20H19FN2O4. The Hall–Kier alpha value is -3.35. The zero-order valence-electron chi connectivity index (χ0n) is 15.0. The maximum absolute atomic E-state index is 13.2. The molecule has 2 N–H and O–H groups in total. The number of halogens is 1. The van der Waals surface area contributed by atoms with E-state index in [4.69, 9.17) is 9.47 Å². The van der Waals surface area contributed by atoms with Crippen molar-refractivity contribution >= 4 is 22.5 Å². The van der Waals surface area contributed by atoms with Crippen LogP contribution in [0, 0.1) is 5.82 Å². The second-order valence-corrected chi connectivity index (χ2v) is 5.97. The number of aryl methyl sites for hydroxylation is 1. The quantitative estimate of drug-likeness (QED) is 0.698. The summed E-state index contributed by atoms with van der Waals surface area (Å²) in [6, 6.07) is 10.9. The minimum atomic E-state index is -0.418. The van der Waals surface area contributed by atoms with E-state index in [0.29, 0.717) is 33.7 Å². The van der Waals surface area contributed by atoms with Gasteiger partial charge in [0.1, 0.15) is 17.3 Å². The van der Waals surface area contributed by atoms with Crippen LogP contribution in [0.5, 0.6) is 11.5 Å².